The minimum Gasteiger partial charge on any atom is -0.0843 e. The van der Waals surface area contributed by atoms with E-state index in [1.54, 1.807) is 24.3 Å². The first-order valence-corrected chi connectivity index (χ1v) is 6.74. The molecular weight excluding hydrogens is 375 g/mol. The van der Waals surface area contributed by atoms with Gasteiger partial charge in [0.05, 0.1) is 0 Å². The summed E-state index contributed by atoms with van der Waals surface area (Å²) < 4.78 is 2.21. The summed E-state index contributed by atoms with van der Waals surface area (Å²) in [7, 11) is 0. The van der Waals surface area contributed by atoms with E-state index in [2.05, 4.69) is 31.9 Å². The number of rotatable bonds is 0. The van der Waals surface area contributed by atoms with E-state index in [9.17, 15) is 0 Å². The summed E-state index contributed by atoms with van der Waals surface area (Å²) in [6.07, 6.45) is 0. The number of benzene rings is 2. The first-order valence-electron chi connectivity index (χ1n) is 4.40. The molecule has 0 unspecified atom stereocenters. The zero-order chi connectivity index (χ0) is 12.0. The van der Waals surface area contributed by atoms with Gasteiger partial charge in [0.25, 0.3) is 0 Å². The molecule has 0 aromatic heterocycles. The maximum atomic E-state index is 5.55. The highest BCUT2D eigenvalue weighted by molar-refractivity contribution is 9.11. The van der Waals surface area contributed by atoms with Crippen LogP contribution < -0.4 is 0 Å². The normalized spacial score (nSPS) is 9.25. The first-order chi connectivity index (χ1) is 7.58. The van der Waals surface area contributed by atoms with Gasteiger partial charge >= 0.3 is 0 Å². The number of hydrogen-bond donors (Lipinski definition) is 0. The molecule has 0 atom stereocenters. The van der Waals surface area contributed by atoms with E-state index in [1.807, 2.05) is 24.3 Å². The Morgan fingerprint density at radius 1 is 0.688 bits per heavy atom. The van der Waals surface area contributed by atoms with Crippen molar-refractivity contribution in [3.05, 3.63) is 67.5 Å². The van der Waals surface area contributed by atoms with Crippen LogP contribution in [0, 0.1) is 0 Å². The lowest BCUT2D eigenvalue weighted by Crippen LogP contribution is -1.61. The summed E-state index contributed by atoms with van der Waals surface area (Å²) >= 11 is 17.8. The van der Waals surface area contributed by atoms with Gasteiger partial charge in [0.2, 0.25) is 0 Å². The molecule has 0 bridgehead atoms. The SMILES string of the molecule is Brc1cccc(Br)c1.Clc1ccc(Cl)cc1. The van der Waals surface area contributed by atoms with Crippen molar-refractivity contribution in [1.29, 1.82) is 0 Å². The summed E-state index contributed by atoms with van der Waals surface area (Å²) in [5.41, 5.74) is 0. The molecule has 2 aromatic rings. The molecule has 0 amide bonds. The molecule has 84 valence electrons. The van der Waals surface area contributed by atoms with Crippen molar-refractivity contribution in [2.75, 3.05) is 0 Å². The average Bonchev–Trinajstić information content (AvgIpc) is 2.23. The quantitative estimate of drug-likeness (QED) is 0.508. The van der Waals surface area contributed by atoms with Crippen LogP contribution in [0.5, 0.6) is 0 Å². The molecule has 16 heavy (non-hydrogen) atoms. The molecule has 0 nitrogen and oxygen atoms in total. The van der Waals surface area contributed by atoms with Gasteiger partial charge in [0.1, 0.15) is 0 Å². The Balaban J connectivity index is 0.000000160. The van der Waals surface area contributed by atoms with E-state index < -0.39 is 0 Å². The third-order valence-corrected chi connectivity index (χ3v) is 3.08. The highest BCUT2D eigenvalue weighted by atomic mass is 79.9. The summed E-state index contributed by atoms with van der Waals surface area (Å²) in [5.74, 6) is 0. The molecule has 4 heteroatoms. The van der Waals surface area contributed by atoms with E-state index >= 15 is 0 Å². The second kappa shape index (κ2) is 7.33. The highest BCUT2D eigenvalue weighted by Crippen LogP contribution is 2.15. The van der Waals surface area contributed by atoms with Crippen molar-refractivity contribution in [2.45, 2.75) is 0 Å². The fraction of sp³-hybridized carbons (Fsp3) is 0. The van der Waals surface area contributed by atoms with Crippen molar-refractivity contribution >= 4 is 55.1 Å². The van der Waals surface area contributed by atoms with Gasteiger partial charge in [-0.1, -0.05) is 61.1 Å². The third-order valence-electron chi connectivity index (χ3n) is 1.59. The Kier molecular flexibility index (Phi) is 6.44. The number of halogens is 4. The Bertz CT molecular complexity index is 403. The van der Waals surface area contributed by atoms with E-state index in [0.29, 0.717) is 0 Å². The Morgan fingerprint density at radius 2 is 1.06 bits per heavy atom. The predicted molar refractivity (Wildman–Crippen MR) is 78.3 cm³/mol. The van der Waals surface area contributed by atoms with Crippen LogP contribution in [-0.4, -0.2) is 0 Å². The molecule has 2 rings (SSSR count). The fourth-order valence-corrected chi connectivity index (χ4v) is 2.25. The molecule has 0 saturated carbocycles. The zero-order valence-corrected chi connectivity index (χ0v) is 12.8. The van der Waals surface area contributed by atoms with Gasteiger partial charge < -0.3 is 0 Å². The Labute approximate surface area is 122 Å². The van der Waals surface area contributed by atoms with Crippen LogP contribution in [0.25, 0.3) is 0 Å². The monoisotopic (exact) mass is 380 g/mol. The minimum atomic E-state index is 0.717. The molecule has 0 heterocycles. The van der Waals surface area contributed by atoms with Crippen molar-refractivity contribution in [2.24, 2.45) is 0 Å². The molecule has 0 aliphatic heterocycles. The van der Waals surface area contributed by atoms with Crippen LogP contribution in [0.3, 0.4) is 0 Å². The Hall–Kier alpha value is -0.0200. The van der Waals surface area contributed by atoms with Crippen LogP contribution in [0.2, 0.25) is 10.0 Å². The first kappa shape index (κ1) is 14.0. The van der Waals surface area contributed by atoms with Gasteiger partial charge in [-0.15, -0.1) is 0 Å². The summed E-state index contributed by atoms with van der Waals surface area (Å²) in [6.45, 7) is 0. The molecule has 0 fully saturated rings. The fourth-order valence-electron chi connectivity index (χ4n) is 0.889. The maximum absolute atomic E-state index is 5.55. The summed E-state index contributed by atoms with van der Waals surface area (Å²) in [4.78, 5) is 0. The van der Waals surface area contributed by atoms with E-state index in [-0.39, 0.29) is 0 Å². The standard InChI is InChI=1S/C6H4Br2.C6H4Cl2/c7-5-2-1-3-6(8)4-5;7-5-1-2-6(8)4-3-5/h2*1-4H. The maximum Gasteiger partial charge on any atom is 0.0407 e. The van der Waals surface area contributed by atoms with Gasteiger partial charge in [-0.2, -0.15) is 0 Å². The smallest absolute Gasteiger partial charge is 0.0407 e. The third kappa shape index (κ3) is 5.90. The largest absolute Gasteiger partial charge is 0.0843 e. The predicted octanol–water partition coefficient (Wildman–Crippen LogP) is 6.21. The lowest BCUT2D eigenvalue weighted by Gasteiger charge is -1.87. The van der Waals surface area contributed by atoms with Gasteiger partial charge in [-0.3, -0.25) is 0 Å². The molecule has 0 aliphatic carbocycles. The number of hydrogen-bond acceptors (Lipinski definition) is 0. The second-order valence-electron chi connectivity index (χ2n) is 2.88. The second-order valence-corrected chi connectivity index (χ2v) is 5.58. The van der Waals surface area contributed by atoms with Crippen LogP contribution >= 0.6 is 55.1 Å². The molecule has 0 saturated heterocycles. The Morgan fingerprint density at radius 3 is 1.31 bits per heavy atom. The highest BCUT2D eigenvalue weighted by Gasteiger charge is 1.84. The van der Waals surface area contributed by atoms with Crippen molar-refractivity contribution in [3.63, 3.8) is 0 Å². The van der Waals surface area contributed by atoms with Gasteiger partial charge in [0, 0.05) is 19.0 Å². The van der Waals surface area contributed by atoms with Gasteiger partial charge in [-0.25, -0.2) is 0 Å². The molecule has 0 spiro atoms. The lowest BCUT2D eigenvalue weighted by molar-refractivity contribution is 1.60. The van der Waals surface area contributed by atoms with Crippen molar-refractivity contribution in [3.8, 4) is 0 Å². The van der Waals surface area contributed by atoms with E-state index in [4.69, 9.17) is 23.2 Å². The molecular formula is C12H8Br2Cl2. The van der Waals surface area contributed by atoms with Gasteiger partial charge in [-0.05, 0) is 42.5 Å². The van der Waals surface area contributed by atoms with Crippen LogP contribution in [0.4, 0.5) is 0 Å². The van der Waals surface area contributed by atoms with Crippen molar-refractivity contribution in [1.82, 2.24) is 0 Å². The summed E-state index contributed by atoms with van der Waals surface area (Å²) in [5, 5.41) is 1.43. The van der Waals surface area contributed by atoms with Crippen LogP contribution in [-0.2, 0) is 0 Å². The zero-order valence-electron chi connectivity index (χ0n) is 8.13. The molecule has 0 aliphatic rings. The summed E-state index contributed by atoms with van der Waals surface area (Å²) in [6, 6.07) is 15.0. The van der Waals surface area contributed by atoms with E-state index in [1.165, 1.54) is 0 Å². The lowest BCUT2D eigenvalue weighted by atomic mass is 10.4. The van der Waals surface area contributed by atoms with E-state index in [0.717, 1.165) is 19.0 Å². The van der Waals surface area contributed by atoms with Gasteiger partial charge in [0.15, 0.2) is 0 Å². The minimum absolute atomic E-state index is 0.717. The average molecular weight is 383 g/mol. The molecule has 0 N–H and O–H groups in total. The van der Waals surface area contributed by atoms with Crippen LogP contribution in [0.15, 0.2) is 57.5 Å². The van der Waals surface area contributed by atoms with Crippen LogP contribution in [0.1, 0.15) is 0 Å². The van der Waals surface area contributed by atoms with Crippen molar-refractivity contribution < 1.29 is 0 Å². The molecule has 0 radical (unpaired) electrons. The molecule has 2 aromatic carbocycles. The topological polar surface area (TPSA) is 0 Å².